The van der Waals surface area contributed by atoms with Gasteiger partial charge in [-0.15, -0.1) is 0 Å². The molecule has 1 fully saturated rings. The number of fused-ring (bicyclic) bond motifs is 1. The molecule has 24 heavy (non-hydrogen) atoms. The lowest BCUT2D eigenvalue weighted by atomic mass is 9.73. The average Bonchev–Trinajstić information content (AvgIpc) is 3.13. The maximum atomic E-state index is 6.26. The summed E-state index contributed by atoms with van der Waals surface area (Å²) in [5, 5.41) is 0.988. The van der Waals surface area contributed by atoms with E-state index in [4.69, 9.17) is 9.31 Å². The van der Waals surface area contributed by atoms with Crippen molar-refractivity contribution in [2.24, 2.45) is 0 Å². The quantitative estimate of drug-likeness (QED) is 0.784. The van der Waals surface area contributed by atoms with Crippen LogP contribution < -0.4 is 10.4 Å². The van der Waals surface area contributed by atoms with E-state index in [-0.39, 0.29) is 18.3 Å². The standard InChI is InChI=1S/C17H22BN3O2S/c1-16(2)17(3,4)23-18(22-16)14-7-5-6-12-10-21(9-8-13(12)14)15-19-11-20-24-15/h5-7,11H,8-10H2,1-4H3. The van der Waals surface area contributed by atoms with Crippen molar-refractivity contribution < 1.29 is 9.31 Å². The Bertz CT molecular complexity index is 732. The highest BCUT2D eigenvalue weighted by atomic mass is 32.1. The van der Waals surface area contributed by atoms with Crippen molar-refractivity contribution in [2.75, 3.05) is 11.4 Å². The second-order valence-electron chi connectivity index (χ2n) is 7.47. The zero-order valence-corrected chi connectivity index (χ0v) is 15.4. The molecule has 2 aliphatic rings. The monoisotopic (exact) mass is 343 g/mol. The van der Waals surface area contributed by atoms with E-state index in [1.165, 1.54) is 28.1 Å². The fourth-order valence-corrected chi connectivity index (χ4v) is 3.85. The molecule has 126 valence electrons. The van der Waals surface area contributed by atoms with Crippen molar-refractivity contribution in [2.45, 2.75) is 51.9 Å². The summed E-state index contributed by atoms with van der Waals surface area (Å²) in [6, 6.07) is 6.43. The van der Waals surface area contributed by atoms with Gasteiger partial charge in [0, 0.05) is 24.6 Å². The Morgan fingerprint density at radius 3 is 2.58 bits per heavy atom. The summed E-state index contributed by atoms with van der Waals surface area (Å²) in [5.41, 5.74) is 3.23. The summed E-state index contributed by atoms with van der Waals surface area (Å²) in [4.78, 5) is 6.62. The molecule has 1 saturated heterocycles. The van der Waals surface area contributed by atoms with Crippen LogP contribution in [0.4, 0.5) is 5.13 Å². The minimum atomic E-state index is -0.312. The van der Waals surface area contributed by atoms with Crippen LogP contribution in [0, 0.1) is 0 Å². The molecule has 0 amide bonds. The van der Waals surface area contributed by atoms with E-state index in [0.29, 0.717) is 0 Å². The molecule has 2 aliphatic heterocycles. The van der Waals surface area contributed by atoms with Gasteiger partial charge in [0.15, 0.2) is 0 Å². The Labute approximate surface area is 147 Å². The summed E-state index contributed by atoms with van der Waals surface area (Å²) in [5.74, 6) is 0. The van der Waals surface area contributed by atoms with E-state index in [0.717, 1.165) is 24.6 Å². The number of hydrogen-bond acceptors (Lipinski definition) is 6. The van der Waals surface area contributed by atoms with Gasteiger partial charge in [-0.25, -0.2) is 4.98 Å². The number of benzene rings is 1. The third-order valence-corrected chi connectivity index (χ3v) is 6.16. The van der Waals surface area contributed by atoms with Crippen LogP contribution in [0.15, 0.2) is 24.5 Å². The van der Waals surface area contributed by atoms with Gasteiger partial charge in [0.1, 0.15) is 6.33 Å². The topological polar surface area (TPSA) is 47.5 Å². The number of rotatable bonds is 2. The van der Waals surface area contributed by atoms with Crippen LogP contribution in [0.2, 0.25) is 0 Å². The Morgan fingerprint density at radius 2 is 1.92 bits per heavy atom. The third-order valence-electron chi connectivity index (χ3n) is 5.43. The highest BCUT2D eigenvalue weighted by Crippen LogP contribution is 2.37. The molecule has 0 aliphatic carbocycles. The number of nitrogens with zero attached hydrogens (tertiary/aromatic N) is 3. The number of hydrogen-bond donors (Lipinski definition) is 0. The maximum Gasteiger partial charge on any atom is 0.495 e. The van der Waals surface area contributed by atoms with Crippen LogP contribution in [-0.4, -0.2) is 34.2 Å². The van der Waals surface area contributed by atoms with Crippen LogP contribution in [0.5, 0.6) is 0 Å². The summed E-state index contributed by atoms with van der Waals surface area (Å²) in [7, 11) is -0.293. The molecule has 5 nitrogen and oxygen atoms in total. The molecule has 3 heterocycles. The largest absolute Gasteiger partial charge is 0.495 e. The molecule has 0 atom stereocenters. The van der Waals surface area contributed by atoms with Crippen LogP contribution in [0.1, 0.15) is 38.8 Å². The maximum absolute atomic E-state index is 6.26. The van der Waals surface area contributed by atoms with E-state index < -0.39 is 0 Å². The van der Waals surface area contributed by atoms with Gasteiger partial charge in [-0.1, -0.05) is 18.2 Å². The molecule has 0 N–H and O–H groups in total. The molecule has 4 rings (SSSR count). The van der Waals surface area contributed by atoms with Crippen molar-refractivity contribution in [3.05, 3.63) is 35.7 Å². The molecule has 1 aromatic carbocycles. The third kappa shape index (κ3) is 2.55. The van der Waals surface area contributed by atoms with Gasteiger partial charge >= 0.3 is 7.12 Å². The first kappa shape index (κ1) is 16.1. The highest BCUT2D eigenvalue weighted by Gasteiger charge is 2.52. The SMILES string of the molecule is CC1(C)OB(c2cccc3c2CCN(c2ncns2)C3)OC1(C)C. The normalized spacial score (nSPS) is 21.8. The second-order valence-corrected chi connectivity index (χ2v) is 8.23. The van der Waals surface area contributed by atoms with Gasteiger partial charge in [0.25, 0.3) is 0 Å². The van der Waals surface area contributed by atoms with E-state index in [9.17, 15) is 0 Å². The van der Waals surface area contributed by atoms with Crippen molar-refractivity contribution in [3.63, 3.8) is 0 Å². The van der Waals surface area contributed by atoms with Crippen LogP contribution in [0.25, 0.3) is 0 Å². The average molecular weight is 343 g/mol. The first-order valence-electron chi connectivity index (χ1n) is 8.35. The lowest BCUT2D eigenvalue weighted by Crippen LogP contribution is -2.41. The summed E-state index contributed by atoms with van der Waals surface area (Å²) in [6.07, 6.45) is 2.59. The molecule has 0 bridgehead atoms. The summed E-state index contributed by atoms with van der Waals surface area (Å²) < 4.78 is 16.6. The predicted octanol–water partition coefficient (Wildman–Crippen LogP) is 2.40. The van der Waals surface area contributed by atoms with Crippen LogP contribution in [-0.2, 0) is 22.3 Å². The van der Waals surface area contributed by atoms with E-state index in [1.807, 2.05) is 0 Å². The highest BCUT2D eigenvalue weighted by molar-refractivity contribution is 7.09. The summed E-state index contributed by atoms with van der Waals surface area (Å²) >= 11 is 1.45. The molecule has 1 aromatic heterocycles. The van der Waals surface area contributed by atoms with Crippen LogP contribution in [0.3, 0.4) is 0 Å². The van der Waals surface area contributed by atoms with Crippen molar-refractivity contribution in [1.82, 2.24) is 9.36 Å². The number of aromatic nitrogens is 2. The van der Waals surface area contributed by atoms with Crippen molar-refractivity contribution in [3.8, 4) is 0 Å². The minimum absolute atomic E-state index is 0.293. The van der Waals surface area contributed by atoms with E-state index in [1.54, 1.807) is 6.33 Å². The zero-order chi connectivity index (χ0) is 16.9. The molecule has 0 spiro atoms. The van der Waals surface area contributed by atoms with Gasteiger partial charge in [0.05, 0.1) is 11.2 Å². The van der Waals surface area contributed by atoms with E-state index >= 15 is 0 Å². The fraction of sp³-hybridized carbons (Fsp3) is 0.529. The Hall–Kier alpha value is -1.44. The molecule has 0 radical (unpaired) electrons. The lowest BCUT2D eigenvalue weighted by molar-refractivity contribution is 0.00578. The first-order valence-corrected chi connectivity index (χ1v) is 9.13. The van der Waals surface area contributed by atoms with Crippen molar-refractivity contribution >= 4 is 29.2 Å². The molecule has 0 saturated carbocycles. The zero-order valence-electron chi connectivity index (χ0n) is 14.6. The van der Waals surface area contributed by atoms with Gasteiger partial charge in [-0.2, -0.15) is 4.37 Å². The molecule has 2 aromatic rings. The smallest absolute Gasteiger partial charge is 0.399 e. The molecular weight excluding hydrogens is 321 g/mol. The van der Waals surface area contributed by atoms with Gasteiger partial charge in [-0.3, -0.25) is 0 Å². The minimum Gasteiger partial charge on any atom is -0.399 e. The molecular formula is C17H22BN3O2S. The fourth-order valence-electron chi connectivity index (χ4n) is 3.30. The first-order chi connectivity index (χ1) is 11.4. The lowest BCUT2D eigenvalue weighted by Gasteiger charge is -2.32. The van der Waals surface area contributed by atoms with Gasteiger partial charge < -0.3 is 14.2 Å². The Kier molecular flexibility index (Phi) is 3.71. The van der Waals surface area contributed by atoms with Crippen molar-refractivity contribution in [1.29, 1.82) is 0 Å². The van der Waals surface area contributed by atoms with Crippen LogP contribution >= 0.6 is 11.5 Å². The molecule has 0 unspecified atom stereocenters. The second kappa shape index (κ2) is 5.54. The molecule has 7 heteroatoms. The Balaban J connectivity index is 1.63. The predicted molar refractivity (Wildman–Crippen MR) is 96.8 cm³/mol. The van der Waals surface area contributed by atoms with Gasteiger partial charge in [0.2, 0.25) is 5.13 Å². The number of anilines is 1. The Morgan fingerprint density at radius 1 is 1.17 bits per heavy atom. The van der Waals surface area contributed by atoms with Gasteiger partial charge in [-0.05, 0) is 50.7 Å². The van der Waals surface area contributed by atoms with E-state index in [2.05, 4.69) is 60.2 Å². The summed E-state index contributed by atoms with van der Waals surface area (Å²) in [6.45, 7) is 10.2.